The van der Waals surface area contributed by atoms with Gasteiger partial charge in [0, 0.05) is 19.5 Å². The molecule has 4 heteroatoms. The highest BCUT2D eigenvalue weighted by Gasteiger charge is 2.60. The average Bonchev–Trinajstić information content (AvgIpc) is 3.21. The zero-order chi connectivity index (χ0) is 24.6. The number of piperidine rings is 1. The molecule has 5 aliphatic rings. The first kappa shape index (κ1) is 26.0. The number of hydrogen-bond donors (Lipinski definition) is 2. The molecule has 9 atom stereocenters. The van der Waals surface area contributed by atoms with E-state index in [9.17, 15) is 9.90 Å². The topological polar surface area (TPSA) is 52.6 Å². The van der Waals surface area contributed by atoms with E-state index < -0.39 is 0 Å². The third-order valence-corrected chi connectivity index (χ3v) is 12.4. The van der Waals surface area contributed by atoms with E-state index in [1.54, 1.807) is 0 Å². The number of likely N-dealkylation sites (tertiary alicyclic amines) is 1. The summed E-state index contributed by atoms with van der Waals surface area (Å²) in [5.41, 5.74) is 0.947. The highest BCUT2D eigenvalue weighted by molar-refractivity contribution is 5.75. The minimum atomic E-state index is -0.0443. The van der Waals surface area contributed by atoms with Gasteiger partial charge in [-0.1, -0.05) is 27.2 Å². The molecule has 4 nitrogen and oxygen atoms in total. The first-order valence-electron chi connectivity index (χ1n) is 15.5. The van der Waals surface area contributed by atoms with Crippen molar-refractivity contribution < 1.29 is 9.90 Å². The summed E-state index contributed by atoms with van der Waals surface area (Å²) in [6, 6.07) is 0. The van der Waals surface area contributed by atoms with Gasteiger partial charge in [-0.3, -0.25) is 4.79 Å². The summed E-state index contributed by atoms with van der Waals surface area (Å²) in [5, 5.41) is 13.5. The molecule has 35 heavy (non-hydrogen) atoms. The van der Waals surface area contributed by atoms with Crippen molar-refractivity contribution in [3.63, 3.8) is 0 Å². The number of amides is 1. The van der Waals surface area contributed by atoms with Crippen molar-refractivity contribution >= 4 is 5.91 Å². The van der Waals surface area contributed by atoms with Crippen LogP contribution < -0.4 is 5.32 Å². The number of aliphatic hydroxyl groups excluding tert-OH is 1. The number of nitrogens with one attached hydrogen (secondary N) is 1. The molecule has 0 aromatic rings. The Hall–Kier alpha value is -0.610. The molecule has 0 radical (unpaired) electrons. The summed E-state index contributed by atoms with van der Waals surface area (Å²) in [6.07, 6.45) is 17.4. The van der Waals surface area contributed by atoms with E-state index in [-0.39, 0.29) is 12.0 Å². The molecule has 1 aliphatic heterocycles. The molecule has 200 valence electrons. The third-order valence-electron chi connectivity index (χ3n) is 12.4. The van der Waals surface area contributed by atoms with Gasteiger partial charge in [-0.05, 0) is 136 Å². The quantitative estimate of drug-likeness (QED) is 0.462. The maximum absolute atomic E-state index is 12.6. The van der Waals surface area contributed by atoms with Gasteiger partial charge in [0.05, 0.1) is 6.10 Å². The van der Waals surface area contributed by atoms with E-state index >= 15 is 0 Å². The minimum Gasteiger partial charge on any atom is -0.393 e. The SMILES string of the molecule is CC(CCC(=O)NCCN1CCCCC1)[C@H]1CCC2C3CCC4C[C@H](O)CC[C@]4(C)C3CC[C@@]21C. The first-order valence-corrected chi connectivity index (χ1v) is 15.5. The van der Waals surface area contributed by atoms with Crippen LogP contribution >= 0.6 is 0 Å². The highest BCUT2D eigenvalue weighted by atomic mass is 16.3. The van der Waals surface area contributed by atoms with E-state index in [0.29, 0.717) is 23.2 Å². The smallest absolute Gasteiger partial charge is 0.220 e. The van der Waals surface area contributed by atoms with Gasteiger partial charge in [0.2, 0.25) is 5.91 Å². The van der Waals surface area contributed by atoms with Gasteiger partial charge in [-0.25, -0.2) is 0 Å². The second-order valence-electron chi connectivity index (χ2n) is 14.1. The van der Waals surface area contributed by atoms with Crippen LogP contribution in [0.15, 0.2) is 0 Å². The van der Waals surface area contributed by atoms with Gasteiger partial charge in [0.1, 0.15) is 0 Å². The molecule has 5 rings (SSSR count). The Morgan fingerprint density at radius 2 is 1.71 bits per heavy atom. The molecule has 4 saturated carbocycles. The number of fused-ring (bicyclic) bond motifs is 5. The summed E-state index contributed by atoms with van der Waals surface area (Å²) in [5.74, 6) is 5.12. The number of nitrogens with zero attached hydrogens (tertiary/aromatic N) is 1. The van der Waals surface area contributed by atoms with Crippen LogP contribution in [0.2, 0.25) is 0 Å². The lowest BCUT2D eigenvalue weighted by Gasteiger charge is -2.61. The highest BCUT2D eigenvalue weighted by Crippen LogP contribution is 2.68. The molecular weight excluding hydrogens is 432 g/mol. The number of carbonyl (C=O) groups is 1. The van der Waals surface area contributed by atoms with Gasteiger partial charge in [-0.15, -0.1) is 0 Å². The molecule has 0 aromatic heterocycles. The van der Waals surface area contributed by atoms with Gasteiger partial charge < -0.3 is 15.3 Å². The predicted molar refractivity (Wildman–Crippen MR) is 143 cm³/mol. The maximum atomic E-state index is 12.6. The van der Waals surface area contributed by atoms with E-state index in [1.807, 2.05) is 0 Å². The van der Waals surface area contributed by atoms with Gasteiger partial charge >= 0.3 is 0 Å². The molecule has 1 heterocycles. The fourth-order valence-corrected chi connectivity index (χ4v) is 10.4. The summed E-state index contributed by atoms with van der Waals surface area (Å²) in [7, 11) is 0. The largest absolute Gasteiger partial charge is 0.393 e. The van der Waals surface area contributed by atoms with Gasteiger partial charge in [0.25, 0.3) is 0 Å². The fraction of sp³-hybridized carbons (Fsp3) is 0.968. The lowest BCUT2D eigenvalue weighted by molar-refractivity contribution is -0.129. The zero-order valence-corrected chi connectivity index (χ0v) is 23.1. The second-order valence-corrected chi connectivity index (χ2v) is 14.1. The summed E-state index contributed by atoms with van der Waals surface area (Å²) in [6.45, 7) is 11.9. The first-order chi connectivity index (χ1) is 16.8. The normalized spacial score (nSPS) is 44.7. The number of rotatable bonds is 7. The van der Waals surface area contributed by atoms with E-state index in [1.165, 1.54) is 77.3 Å². The van der Waals surface area contributed by atoms with Crippen LogP contribution in [0, 0.1) is 46.3 Å². The summed E-state index contributed by atoms with van der Waals surface area (Å²) in [4.78, 5) is 15.1. The van der Waals surface area contributed by atoms with E-state index in [0.717, 1.165) is 61.9 Å². The van der Waals surface area contributed by atoms with Crippen LogP contribution in [0.5, 0.6) is 0 Å². The molecule has 0 bridgehead atoms. The molecule has 4 aliphatic carbocycles. The molecule has 1 saturated heterocycles. The Kier molecular flexibility index (Phi) is 7.91. The van der Waals surface area contributed by atoms with Crippen molar-refractivity contribution in [2.75, 3.05) is 26.2 Å². The molecule has 5 fully saturated rings. The fourth-order valence-electron chi connectivity index (χ4n) is 10.4. The molecule has 2 N–H and O–H groups in total. The van der Waals surface area contributed by atoms with E-state index in [2.05, 4.69) is 31.0 Å². The monoisotopic (exact) mass is 486 g/mol. The van der Waals surface area contributed by atoms with Crippen LogP contribution in [0.3, 0.4) is 0 Å². The Morgan fingerprint density at radius 1 is 0.971 bits per heavy atom. The number of aliphatic hydroxyl groups is 1. The number of hydrogen-bond acceptors (Lipinski definition) is 3. The Bertz CT molecular complexity index is 735. The van der Waals surface area contributed by atoms with Gasteiger partial charge in [0.15, 0.2) is 0 Å². The summed E-state index contributed by atoms with van der Waals surface area (Å²) < 4.78 is 0. The predicted octanol–water partition coefficient (Wildman–Crippen LogP) is 6.02. The molecule has 1 amide bonds. The van der Waals surface area contributed by atoms with Crippen molar-refractivity contribution in [3.05, 3.63) is 0 Å². The maximum Gasteiger partial charge on any atom is 0.220 e. The van der Waals surface area contributed by atoms with Crippen molar-refractivity contribution in [3.8, 4) is 0 Å². The second kappa shape index (κ2) is 10.6. The summed E-state index contributed by atoms with van der Waals surface area (Å²) >= 11 is 0. The molecule has 0 aromatic carbocycles. The number of carbonyl (C=O) groups excluding carboxylic acids is 1. The van der Waals surface area contributed by atoms with Crippen LogP contribution in [0.4, 0.5) is 0 Å². The minimum absolute atomic E-state index is 0.0443. The Balaban J connectivity index is 1.12. The third kappa shape index (κ3) is 5.09. The van der Waals surface area contributed by atoms with Crippen molar-refractivity contribution in [1.29, 1.82) is 0 Å². The van der Waals surface area contributed by atoms with Crippen LogP contribution in [-0.4, -0.2) is 48.2 Å². The van der Waals surface area contributed by atoms with Gasteiger partial charge in [-0.2, -0.15) is 0 Å². The van der Waals surface area contributed by atoms with Crippen LogP contribution in [0.25, 0.3) is 0 Å². The van der Waals surface area contributed by atoms with Crippen LogP contribution in [0.1, 0.15) is 111 Å². The van der Waals surface area contributed by atoms with Crippen molar-refractivity contribution in [2.24, 2.45) is 46.3 Å². The van der Waals surface area contributed by atoms with Crippen molar-refractivity contribution in [2.45, 2.75) is 117 Å². The molecule has 0 spiro atoms. The van der Waals surface area contributed by atoms with Crippen LogP contribution in [-0.2, 0) is 4.79 Å². The molecular formula is C31H54N2O2. The lowest BCUT2D eigenvalue weighted by atomic mass is 9.44. The Morgan fingerprint density at radius 3 is 2.51 bits per heavy atom. The average molecular weight is 487 g/mol. The Labute approximate surface area is 215 Å². The van der Waals surface area contributed by atoms with Crippen molar-refractivity contribution in [1.82, 2.24) is 10.2 Å². The lowest BCUT2D eigenvalue weighted by Crippen LogP contribution is -2.54. The van der Waals surface area contributed by atoms with E-state index in [4.69, 9.17) is 0 Å². The molecule has 5 unspecified atom stereocenters. The zero-order valence-electron chi connectivity index (χ0n) is 23.1. The standard InChI is InChI=1S/C31H54N2O2/c1-22(7-12-29(35)32-17-20-33-18-5-4-6-19-33)26-10-11-27-25-9-8-23-21-24(34)13-15-30(23,2)28(25)14-16-31(26,27)3/h22-28,34H,4-21H2,1-3H3,(H,32,35)/t22?,23?,24-,25?,26-,27?,28?,30+,31-/m1/s1.